The topological polar surface area (TPSA) is 60.8 Å². The Kier molecular flexibility index (Phi) is 4.28. The molecule has 2 rings (SSSR count). The standard InChI is InChI=1S/C17H17NO3/c1-18(2)14-6-3-12(4-7-14)16(20)9-5-13-11-15(19)8-10-17(13)21/h3-11,19,21H,1-2H3. The maximum atomic E-state index is 12.1. The summed E-state index contributed by atoms with van der Waals surface area (Å²) in [4.78, 5) is 14.0. The molecule has 0 aromatic heterocycles. The number of anilines is 1. The number of allylic oxidation sites excluding steroid dienone is 1. The highest BCUT2D eigenvalue weighted by atomic mass is 16.3. The SMILES string of the molecule is CN(C)c1ccc(C(=O)C=Cc2cc(O)ccc2O)cc1. The maximum Gasteiger partial charge on any atom is 0.185 e. The lowest BCUT2D eigenvalue weighted by Gasteiger charge is -2.11. The second-order valence-corrected chi connectivity index (χ2v) is 4.88. The summed E-state index contributed by atoms with van der Waals surface area (Å²) in [6, 6.07) is 11.4. The Balaban J connectivity index is 2.17. The molecular weight excluding hydrogens is 266 g/mol. The molecule has 0 unspecified atom stereocenters. The van der Waals surface area contributed by atoms with Crippen LogP contribution in [0.5, 0.6) is 11.5 Å². The minimum absolute atomic E-state index is 0.0137. The van der Waals surface area contributed by atoms with Gasteiger partial charge in [0.1, 0.15) is 11.5 Å². The maximum absolute atomic E-state index is 12.1. The van der Waals surface area contributed by atoms with E-state index in [-0.39, 0.29) is 17.3 Å². The van der Waals surface area contributed by atoms with Crippen LogP contribution < -0.4 is 4.90 Å². The van der Waals surface area contributed by atoms with Crippen LogP contribution in [-0.2, 0) is 0 Å². The number of hydrogen-bond acceptors (Lipinski definition) is 4. The zero-order valence-electron chi connectivity index (χ0n) is 11.9. The molecule has 4 nitrogen and oxygen atoms in total. The first-order valence-corrected chi connectivity index (χ1v) is 6.49. The summed E-state index contributed by atoms with van der Waals surface area (Å²) < 4.78 is 0. The van der Waals surface area contributed by atoms with E-state index in [1.165, 1.54) is 30.4 Å². The molecule has 0 aliphatic heterocycles. The van der Waals surface area contributed by atoms with Gasteiger partial charge in [0.2, 0.25) is 0 Å². The third-order valence-electron chi connectivity index (χ3n) is 3.09. The largest absolute Gasteiger partial charge is 0.508 e. The van der Waals surface area contributed by atoms with Crippen LogP contribution in [0, 0.1) is 0 Å². The molecule has 4 heteroatoms. The fourth-order valence-corrected chi connectivity index (χ4v) is 1.86. The summed E-state index contributed by atoms with van der Waals surface area (Å²) in [6.07, 6.45) is 2.86. The Hall–Kier alpha value is -2.75. The molecule has 0 spiro atoms. The molecule has 2 aromatic carbocycles. The number of phenolic OH excluding ortho intramolecular Hbond substituents is 2. The predicted octanol–water partition coefficient (Wildman–Crippen LogP) is 3.06. The molecule has 0 bridgehead atoms. The van der Waals surface area contributed by atoms with E-state index in [9.17, 15) is 15.0 Å². The number of rotatable bonds is 4. The first-order valence-electron chi connectivity index (χ1n) is 6.49. The molecule has 0 atom stereocenters. The van der Waals surface area contributed by atoms with Crippen molar-refractivity contribution in [3.05, 3.63) is 59.7 Å². The third-order valence-corrected chi connectivity index (χ3v) is 3.09. The fraction of sp³-hybridized carbons (Fsp3) is 0.118. The van der Waals surface area contributed by atoms with Gasteiger partial charge >= 0.3 is 0 Å². The van der Waals surface area contributed by atoms with Crippen molar-refractivity contribution >= 4 is 17.5 Å². The predicted molar refractivity (Wildman–Crippen MR) is 83.9 cm³/mol. The van der Waals surface area contributed by atoms with E-state index in [0.717, 1.165) is 5.69 Å². The molecule has 0 saturated heterocycles. The van der Waals surface area contributed by atoms with Crippen molar-refractivity contribution in [2.45, 2.75) is 0 Å². The quantitative estimate of drug-likeness (QED) is 0.514. The lowest BCUT2D eigenvalue weighted by Crippen LogP contribution is -2.08. The Morgan fingerprint density at radius 1 is 1.05 bits per heavy atom. The van der Waals surface area contributed by atoms with Gasteiger partial charge in [-0.25, -0.2) is 0 Å². The van der Waals surface area contributed by atoms with Crippen LogP contribution in [-0.4, -0.2) is 30.1 Å². The van der Waals surface area contributed by atoms with Gasteiger partial charge in [-0.1, -0.05) is 0 Å². The van der Waals surface area contributed by atoms with Gasteiger partial charge in [-0.05, 0) is 54.6 Å². The number of nitrogens with zero attached hydrogens (tertiary/aromatic N) is 1. The summed E-state index contributed by atoms with van der Waals surface area (Å²) in [5.74, 6) is -0.113. The van der Waals surface area contributed by atoms with Crippen LogP contribution >= 0.6 is 0 Å². The number of ketones is 1. The zero-order chi connectivity index (χ0) is 15.4. The number of hydrogen-bond donors (Lipinski definition) is 2. The van der Waals surface area contributed by atoms with E-state index in [4.69, 9.17) is 0 Å². The molecule has 0 aliphatic carbocycles. The van der Waals surface area contributed by atoms with Gasteiger partial charge in [0, 0.05) is 30.9 Å². The van der Waals surface area contributed by atoms with Gasteiger partial charge in [0.25, 0.3) is 0 Å². The first kappa shape index (κ1) is 14.7. The van der Waals surface area contributed by atoms with Gasteiger partial charge in [-0.2, -0.15) is 0 Å². The number of aromatic hydroxyl groups is 2. The first-order chi connectivity index (χ1) is 9.97. The summed E-state index contributed by atoms with van der Waals surface area (Å²) in [7, 11) is 3.86. The van der Waals surface area contributed by atoms with E-state index in [0.29, 0.717) is 11.1 Å². The van der Waals surface area contributed by atoms with Crippen LogP contribution in [0.3, 0.4) is 0 Å². The van der Waals surface area contributed by atoms with Crippen molar-refractivity contribution in [3.8, 4) is 11.5 Å². The molecule has 21 heavy (non-hydrogen) atoms. The van der Waals surface area contributed by atoms with E-state index in [1.807, 2.05) is 31.1 Å². The van der Waals surface area contributed by atoms with Crippen molar-refractivity contribution in [2.75, 3.05) is 19.0 Å². The molecule has 108 valence electrons. The van der Waals surface area contributed by atoms with E-state index in [2.05, 4.69) is 0 Å². The normalized spacial score (nSPS) is 10.8. The van der Waals surface area contributed by atoms with E-state index in [1.54, 1.807) is 12.1 Å². The monoisotopic (exact) mass is 283 g/mol. The fourth-order valence-electron chi connectivity index (χ4n) is 1.86. The highest BCUT2D eigenvalue weighted by Gasteiger charge is 2.04. The van der Waals surface area contributed by atoms with Crippen molar-refractivity contribution in [2.24, 2.45) is 0 Å². The lowest BCUT2D eigenvalue weighted by molar-refractivity contribution is 0.104. The molecule has 2 aromatic rings. The van der Waals surface area contributed by atoms with Gasteiger partial charge < -0.3 is 15.1 Å². The molecule has 2 N–H and O–H groups in total. The summed E-state index contributed by atoms with van der Waals surface area (Å²) >= 11 is 0. The van der Waals surface area contributed by atoms with Gasteiger partial charge in [0.05, 0.1) is 0 Å². The zero-order valence-corrected chi connectivity index (χ0v) is 11.9. The van der Waals surface area contributed by atoms with Crippen molar-refractivity contribution in [3.63, 3.8) is 0 Å². The van der Waals surface area contributed by atoms with Crippen molar-refractivity contribution in [1.29, 1.82) is 0 Å². The van der Waals surface area contributed by atoms with Crippen LogP contribution in [0.25, 0.3) is 6.08 Å². The third kappa shape index (κ3) is 3.63. The Morgan fingerprint density at radius 3 is 2.33 bits per heavy atom. The van der Waals surface area contributed by atoms with E-state index < -0.39 is 0 Å². The highest BCUT2D eigenvalue weighted by molar-refractivity contribution is 6.07. The molecule has 0 amide bonds. The molecule has 0 saturated carbocycles. The minimum Gasteiger partial charge on any atom is -0.508 e. The molecule has 0 radical (unpaired) electrons. The lowest BCUT2D eigenvalue weighted by atomic mass is 10.1. The average molecular weight is 283 g/mol. The van der Waals surface area contributed by atoms with Crippen LogP contribution in [0.1, 0.15) is 15.9 Å². The molecular formula is C17H17NO3. The van der Waals surface area contributed by atoms with Gasteiger partial charge in [0.15, 0.2) is 5.78 Å². The highest BCUT2D eigenvalue weighted by Crippen LogP contribution is 2.23. The van der Waals surface area contributed by atoms with Crippen molar-refractivity contribution < 1.29 is 15.0 Å². The van der Waals surface area contributed by atoms with Gasteiger partial charge in [-0.3, -0.25) is 4.79 Å². The molecule has 0 fully saturated rings. The number of carbonyl (C=O) groups is 1. The molecule has 0 heterocycles. The van der Waals surface area contributed by atoms with Crippen LogP contribution in [0.4, 0.5) is 5.69 Å². The Morgan fingerprint density at radius 2 is 1.71 bits per heavy atom. The van der Waals surface area contributed by atoms with Crippen LogP contribution in [0.15, 0.2) is 48.5 Å². The summed E-state index contributed by atoms with van der Waals surface area (Å²) in [5, 5.41) is 19.0. The van der Waals surface area contributed by atoms with Crippen LogP contribution in [0.2, 0.25) is 0 Å². The summed E-state index contributed by atoms with van der Waals surface area (Å²) in [6.45, 7) is 0. The van der Waals surface area contributed by atoms with Crippen molar-refractivity contribution in [1.82, 2.24) is 0 Å². The smallest absolute Gasteiger partial charge is 0.185 e. The van der Waals surface area contributed by atoms with E-state index >= 15 is 0 Å². The molecule has 0 aliphatic rings. The summed E-state index contributed by atoms with van der Waals surface area (Å²) in [5.41, 5.74) is 1.98. The average Bonchev–Trinajstić information content (AvgIpc) is 2.48. The minimum atomic E-state index is -0.164. The second-order valence-electron chi connectivity index (χ2n) is 4.88. The number of benzene rings is 2. The number of carbonyl (C=O) groups excluding carboxylic acids is 1. The second kappa shape index (κ2) is 6.13. The Labute approximate surface area is 123 Å². The van der Waals surface area contributed by atoms with Gasteiger partial charge in [-0.15, -0.1) is 0 Å². The number of phenols is 2. The Bertz CT molecular complexity index is 673.